The molecular weight excluding hydrogens is 452 g/mol. The molecule has 1 aromatic carbocycles. The number of amides is 1. The Morgan fingerprint density at radius 3 is 2.55 bits per heavy atom. The Kier molecular flexibility index (Phi) is 6.95. The van der Waals surface area contributed by atoms with E-state index < -0.39 is 0 Å². The lowest BCUT2D eigenvalue weighted by molar-refractivity contribution is -0.122. The van der Waals surface area contributed by atoms with Crippen molar-refractivity contribution < 1.29 is 4.79 Å². The highest BCUT2D eigenvalue weighted by Crippen LogP contribution is 2.33. The lowest BCUT2D eigenvalue weighted by Gasteiger charge is -2.13. The molecule has 4 rings (SSSR count). The van der Waals surface area contributed by atoms with Crippen LogP contribution in [0.4, 0.5) is 5.82 Å². The van der Waals surface area contributed by atoms with Crippen molar-refractivity contribution >= 4 is 51.7 Å². The van der Waals surface area contributed by atoms with Gasteiger partial charge in [-0.1, -0.05) is 73.2 Å². The number of pyridine rings is 1. The molecule has 0 bridgehead atoms. The first-order valence-electron chi connectivity index (χ1n) is 10.9. The van der Waals surface area contributed by atoms with Gasteiger partial charge in [0.1, 0.15) is 15.8 Å². The van der Waals surface area contributed by atoms with Gasteiger partial charge in [0.2, 0.25) is 0 Å². The number of fused-ring (bicyclic) bond motifs is 1. The maximum absolute atomic E-state index is 13.5. The predicted molar refractivity (Wildman–Crippen MR) is 139 cm³/mol. The van der Waals surface area contributed by atoms with E-state index in [1.165, 1.54) is 21.7 Å². The monoisotopic (exact) mass is 478 g/mol. The van der Waals surface area contributed by atoms with Crippen molar-refractivity contribution in [3.63, 3.8) is 0 Å². The van der Waals surface area contributed by atoms with Gasteiger partial charge in [0.15, 0.2) is 0 Å². The lowest BCUT2D eigenvalue weighted by atomic mass is 10.1. The Morgan fingerprint density at radius 2 is 1.82 bits per heavy atom. The zero-order valence-corrected chi connectivity index (χ0v) is 20.6. The topological polar surface area (TPSA) is 66.7 Å². The molecule has 0 saturated carbocycles. The molecular formula is C25H26N4O2S2. The quantitative estimate of drug-likeness (QED) is 0.384. The van der Waals surface area contributed by atoms with Gasteiger partial charge in [-0.3, -0.25) is 18.9 Å². The summed E-state index contributed by atoms with van der Waals surface area (Å²) in [4.78, 5) is 33.2. The maximum atomic E-state index is 13.5. The second-order valence-corrected chi connectivity index (χ2v) is 9.82. The third-order valence-corrected chi connectivity index (χ3v) is 6.85. The average Bonchev–Trinajstić information content (AvgIpc) is 3.06. The second-order valence-electron chi connectivity index (χ2n) is 8.14. The van der Waals surface area contributed by atoms with E-state index in [1.54, 1.807) is 17.2 Å². The number of aromatic nitrogens is 2. The SMILES string of the molecule is CCCCN1C(=O)C(=Cc2c(NCc3ccc(C)cc3)nc3ccc(C)cn3c2=O)SC1=S. The highest BCUT2D eigenvalue weighted by atomic mass is 32.2. The number of hydrogen-bond acceptors (Lipinski definition) is 6. The van der Waals surface area contributed by atoms with Crippen molar-refractivity contribution in [3.05, 3.63) is 80.1 Å². The number of unbranched alkanes of at least 4 members (excludes halogenated alkanes) is 1. The van der Waals surface area contributed by atoms with Crippen LogP contribution in [0.25, 0.3) is 11.7 Å². The molecule has 3 heterocycles. The molecule has 6 nitrogen and oxygen atoms in total. The Labute approximate surface area is 202 Å². The minimum absolute atomic E-state index is 0.156. The summed E-state index contributed by atoms with van der Waals surface area (Å²) < 4.78 is 2.05. The summed E-state index contributed by atoms with van der Waals surface area (Å²) in [5.41, 5.74) is 3.87. The van der Waals surface area contributed by atoms with E-state index in [2.05, 4.69) is 12.2 Å². The standard InChI is InChI=1S/C25H26N4O2S2/c1-4-5-12-28-24(31)20(33-25(28)32)13-19-22(26-14-18-9-6-16(2)7-10-18)27-21-11-8-17(3)15-29(21)23(19)30/h6-11,13,15,26H,4-5,12,14H2,1-3H3. The molecule has 0 aliphatic carbocycles. The Hall–Kier alpha value is -2.97. The maximum Gasteiger partial charge on any atom is 0.267 e. The van der Waals surface area contributed by atoms with Crippen molar-refractivity contribution in [2.45, 2.75) is 40.2 Å². The van der Waals surface area contributed by atoms with Crippen LogP contribution in [0.3, 0.4) is 0 Å². The van der Waals surface area contributed by atoms with Crippen LogP contribution in [-0.4, -0.2) is 31.1 Å². The molecule has 3 aromatic rings. The Balaban J connectivity index is 1.75. The molecule has 1 aliphatic heterocycles. The second kappa shape index (κ2) is 9.89. The van der Waals surface area contributed by atoms with E-state index in [9.17, 15) is 9.59 Å². The molecule has 1 amide bonds. The fraction of sp³-hybridized carbons (Fsp3) is 0.280. The van der Waals surface area contributed by atoms with Crippen molar-refractivity contribution in [2.24, 2.45) is 0 Å². The number of thioether (sulfide) groups is 1. The van der Waals surface area contributed by atoms with Gasteiger partial charge in [0.25, 0.3) is 11.5 Å². The number of hydrogen-bond donors (Lipinski definition) is 1. The third-order valence-electron chi connectivity index (χ3n) is 5.47. The number of carbonyl (C=O) groups excluding carboxylic acids is 1. The van der Waals surface area contributed by atoms with Gasteiger partial charge in [-0.25, -0.2) is 4.98 Å². The first-order valence-corrected chi connectivity index (χ1v) is 12.2. The van der Waals surface area contributed by atoms with Gasteiger partial charge in [-0.2, -0.15) is 0 Å². The summed E-state index contributed by atoms with van der Waals surface area (Å²) in [5.74, 6) is 0.292. The number of rotatable bonds is 7. The molecule has 1 saturated heterocycles. The number of thiocarbonyl (C=S) groups is 1. The van der Waals surface area contributed by atoms with Crippen molar-refractivity contribution in [2.75, 3.05) is 11.9 Å². The summed E-state index contributed by atoms with van der Waals surface area (Å²) in [6.45, 7) is 7.13. The van der Waals surface area contributed by atoms with E-state index in [-0.39, 0.29) is 11.5 Å². The lowest BCUT2D eigenvalue weighted by Crippen LogP contribution is -2.29. The van der Waals surface area contributed by atoms with Crippen LogP contribution in [0.1, 0.15) is 42.0 Å². The molecule has 0 spiro atoms. The van der Waals surface area contributed by atoms with Crippen LogP contribution in [0.5, 0.6) is 0 Å². The van der Waals surface area contributed by atoms with E-state index in [0.29, 0.717) is 39.3 Å². The molecule has 2 aromatic heterocycles. The van der Waals surface area contributed by atoms with E-state index in [1.807, 2.05) is 50.2 Å². The number of carbonyl (C=O) groups is 1. The van der Waals surface area contributed by atoms with Gasteiger partial charge in [-0.15, -0.1) is 0 Å². The van der Waals surface area contributed by atoms with Crippen LogP contribution in [0.2, 0.25) is 0 Å². The molecule has 0 unspecified atom stereocenters. The van der Waals surface area contributed by atoms with Gasteiger partial charge in [0, 0.05) is 19.3 Å². The number of anilines is 1. The molecule has 33 heavy (non-hydrogen) atoms. The molecule has 170 valence electrons. The van der Waals surface area contributed by atoms with E-state index in [4.69, 9.17) is 17.2 Å². The fourth-order valence-corrected chi connectivity index (χ4v) is 4.85. The normalized spacial score (nSPS) is 15.1. The molecule has 1 fully saturated rings. The van der Waals surface area contributed by atoms with Gasteiger partial charge < -0.3 is 5.32 Å². The minimum atomic E-state index is -0.228. The first-order chi connectivity index (χ1) is 15.9. The Morgan fingerprint density at radius 1 is 1.09 bits per heavy atom. The van der Waals surface area contributed by atoms with E-state index in [0.717, 1.165) is 24.0 Å². The van der Waals surface area contributed by atoms with Crippen LogP contribution in [-0.2, 0) is 11.3 Å². The van der Waals surface area contributed by atoms with Crippen LogP contribution in [0.15, 0.2) is 52.3 Å². The zero-order valence-electron chi connectivity index (χ0n) is 18.9. The predicted octanol–water partition coefficient (Wildman–Crippen LogP) is 4.92. The third kappa shape index (κ3) is 5.02. The number of aryl methyl sites for hydroxylation is 2. The Bertz CT molecular complexity index is 1310. The summed E-state index contributed by atoms with van der Waals surface area (Å²) in [5, 5.41) is 3.31. The summed E-state index contributed by atoms with van der Waals surface area (Å²) in [7, 11) is 0. The molecule has 0 radical (unpaired) electrons. The van der Waals surface area contributed by atoms with Gasteiger partial charge in [0.05, 0.1) is 10.5 Å². The molecule has 0 atom stereocenters. The van der Waals surface area contributed by atoms with Crippen LogP contribution < -0.4 is 10.9 Å². The number of nitrogens with one attached hydrogen (secondary N) is 1. The fourth-order valence-electron chi connectivity index (χ4n) is 3.56. The first kappa shape index (κ1) is 23.2. The summed E-state index contributed by atoms with van der Waals surface area (Å²) in [6, 6.07) is 11.9. The molecule has 1 N–H and O–H groups in total. The van der Waals surface area contributed by atoms with E-state index >= 15 is 0 Å². The number of benzene rings is 1. The average molecular weight is 479 g/mol. The van der Waals surface area contributed by atoms with Gasteiger partial charge >= 0.3 is 0 Å². The minimum Gasteiger partial charge on any atom is -0.365 e. The number of nitrogens with zero attached hydrogens (tertiary/aromatic N) is 3. The molecule has 8 heteroatoms. The van der Waals surface area contributed by atoms with Crippen LogP contribution >= 0.6 is 24.0 Å². The van der Waals surface area contributed by atoms with Crippen molar-refractivity contribution in [3.8, 4) is 0 Å². The molecule has 1 aliphatic rings. The highest BCUT2D eigenvalue weighted by molar-refractivity contribution is 8.26. The smallest absolute Gasteiger partial charge is 0.267 e. The largest absolute Gasteiger partial charge is 0.365 e. The summed E-state index contributed by atoms with van der Waals surface area (Å²) in [6.07, 6.45) is 5.24. The zero-order chi connectivity index (χ0) is 23.5. The van der Waals surface area contributed by atoms with Crippen LogP contribution in [0, 0.1) is 13.8 Å². The van der Waals surface area contributed by atoms with Gasteiger partial charge in [-0.05, 0) is 43.5 Å². The van der Waals surface area contributed by atoms with Crippen molar-refractivity contribution in [1.29, 1.82) is 0 Å². The summed E-state index contributed by atoms with van der Waals surface area (Å²) >= 11 is 6.66. The van der Waals surface area contributed by atoms with Crippen molar-refractivity contribution in [1.82, 2.24) is 14.3 Å². The highest BCUT2D eigenvalue weighted by Gasteiger charge is 2.32.